The molecule has 8 heteroatoms. The predicted octanol–water partition coefficient (Wildman–Crippen LogP) is 1.03. The van der Waals surface area contributed by atoms with Crippen LogP contribution in [0.2, 0.25) is 0 Å². The van der Waals surface area contributed by atoms with Gasteiger partial charge >= 0.3 is 5.69 Å². The molecule has 0 bridgehead atoms. The summed E-state index contributed by atoms with van der Waals surface area (Å²) in [6.07, 6.45) is 7.77. The number of nitro groups is 1. The minimum atomic E-state index is -0.603. The number of aliphatic hydroxyl groups is 1. The Hall–Kier alpha value is -1.12. The number of aliphatic hydroxyl groups excluding tert-OH is 1. The van der Waals surface area contributed by atoms with Gasteiger partial charge in [0, 0.05) is 17.8 Å². The van der Waals surface area contributed by atoms with E-state index >= 15 is 0 Å². The quantitative estimate of drug-likeness (QED) is 0.550. The lowest BCUT2D eigenvalue weighted by molar-refractivity contribution is -0.385. The lowest BCUT2D eigenvalue weighted by atomic mass is 9.84. The van der Waals surface area contributed by atoms with Crippen LogP contribution in [-0.4, -0.2) is 50.0 Å². The third kappa shape index (κ3) is 3.71. The van der Waals surface area contributed by atoms with Crippen molar-refractivity contribution in [3.05, 3.63) is 22.5 Å². The minimum Gasteiger partial charge on any atom is -0.390 e. The molecule has 20 heavy (non-hydrogen) atoms. The molecule has 2 N–H and O–H groups in total. The Balaban J connectivity index is 1.72. The minimum absolute atomic E-state index is 0.0547. The average Bonchev–Trinajstić information content (AvgIpc) is 2.81. The van der Waals surface area contributed by atoms with Crippen LogP contribution in [0.15, 0.2) is 12.4 Å². The number of hydrogen-bond acceptors (Lipinski definition) is 6. The fourth-order valence-corrected chi connectivity index (χ4v) is 3.26. The molecule has 1 aliphatic carbocycles. The molecule has 0 radical (unpaired) electrons. The van der Waals surface area contributed by atoms with Crippen LogP contribution in [0.1, 0.15) is 19.3 Å². The van der Waals surface area contributed by atoms with E-state index in [-0.39, 0.29) is 12.2 Å². The normalized spacial score (nSPS) is 18.5. The van der Waals surface area contributed by atoms with Gasteiger partial charge in [-0.3, -0.25) is 14.8 Å². The van der Waals surface area contributed by atoms with Gasteiger partial charge in [-0.2, -0.15) is 16.9 Å². The summed E-state index contributed by atoms with van der Waals surface area (Å²) in [5.74, 6) is 0. The summed E-state index contributed by atoms with van der Waals surface area (Å²) in [6, 6.07) is 0. The fraction of sp³-hybridized carbons (Fsp3) is 0.750. The van der Waals surface area contributed by atoms with Crippen LogP contribution < -0.4 is 5.32 Å². The van der Waals surface area contributed by atoms with Gasteiger partial charge in [-0.25, -0.2) is 0 Å². The second kappa shape index (κ2) is 6.55. The van der Waals surface area contributed by atoms with Crippen molar-refractivity contribution in [2.75, 3.05) is 19.3 Å². The van der Waals surface area contributed by atoms with Gasteiger partial charge in [-0.1, -0.05) is 6.42 Å². The predicted molar refractivity (Wildman–Crippen MR) is 77.9 cm³/mol. The summed E-state index contributed by atoms with van der Waals surface area (Å²) in [7, 11) is 0. The lowest BCUT2D eigenvalue weighted by Gasteiger charge is -2.40. The van der Waals surface area contributed by atoms with Crippen molar-refractivity contribution in [1.29, 1.82) is 0 Å². The van der Waals surface area contributed by atoms with Crippen molar-refractivity contribution in [3.63, 3.8) is 0 Å². The Morgan fingerprint density at radius 3 is 2.95 bits per heavy atom. The van der Waals surface area contributed by atoms with Gasteiger partial charge in [-0.15, -0.1) is 0 Å². The largest absolute Gasteiger partial charge is 0.390 e. The van der Waals surface area contributed by atoms with E-state index in [9.17, 15) is 15.2 Å². The highest BCUT2D eigenvalue weighted by molar-refractivity contribution is 8.00. The Labute approximate surface area is 121 Å². The Bertz CT molecular complexity index is 456. The second-order valence-corrected chi connectivity index (χ2v) is 6.48. The molecule has 0 aliphatic heterocycles. The molecule has 0 aromatic carbocycles. The molecule has 1 unspecified atom stereocenters. The summed E-state index contributed by atoms with van der Waals surface area (Å²) in [4.78, 5) is 10.0. The molecule has 1 saturated carbocycles. The van der Waals surface area contributed by atoms with Crippen LogP contribution >= 0.6 is 11.8 Å². The van der Waals surface area contributed by atoms with Gasteiger partial charge in [0.25, 0.3) is 0 Å². The number of hydrogen-bond donors (Lipinski definition) is 2. The van der Waals surface area contributed by atoms with Crippen LogP contribution in [0.4, 0.5) is 5.69 Å². The fourth-order valence-electron chi connectivity index (χ4n) is 2.32. The van der Waals surface area contributed by atoms with E-state index in [2.05, 4.69) is 16.7 Å². The summed E-state index contributed by atoms with van der Waals surface area (Å²) >= 11 is 1.88. The van der Waals surface area contributed by atoms with Gasteiger partial charge in [0.15, 0.2) is 0 Å². The first-order chi connectivity index (χ1) is 9.54. The molecular formula is C12H20N4O3S. The molecule has 1 heterocycles. The first kappa shape index (κ1) is 15.3. The van der Waals surface area contributed by atoms with E-state index in [1.54, 1.807) is 0 Å². The Morgan fingerprint density at radius 2 is 2.45 bits per heavy atom. The standard InChI is InChI=1S/C12H20N4O3S/c1-20-12(3-2-4-12)9-13-6-11(17)8-15-7-10(5-14-15)16(18)19/h5,7,11,13,17H,2-4,6,8-9H2,1H3. The third-order valence-corrected chi connectivity index (χ3v) is 5.17. The molecule has 0 amide bonds. The summed E-state index contributed by atoms with van der Waals surface area (Å²) in [5, 5.41) is 27.6. The molecule has 2 rings (SSSR count). The maximum absolute atomic E-state index is 10.5. The zero-order valence-electron chi connectivity index (χ0n) is 11.5. The summed E-state index contributed by atoms with van der Waals surface area (Å²) < 4.78 is 1.74. The SMILES string of the molecule is CSC1(CNCC(O)Cn2cc([N+](=O)[O-])cn2)CCC1. The van der Waals surface area contributed by atoms with Gasteiger partial charge in [0.2, 0.25) is 0 Å². The molecule has 1 aliphatic rings. The molecular weight excluding hydrogens is 280 g/mol. The first-order valence-electron chi connectivity index (χ1n) is 6.65. The summed E-state index contributed by atoms with van der Waals surface area (Å²) in [5.41, 5.74) is -0.0547. The highest BCUT2D eigenvalue weighted by atomic mass is 32.2. The van der Waals surface area contributed by atoms with Crippen molar-refractivity contribution in [2.24, 2.45) is 0 Å². The number of thioether (sulfide) groups is 1. The van der Waals surface area contributed by atoms with Crippen LogP contribution in [0.5, 0.6) is 0 Å². The second-order valence-electron chi connectivity index (χ2n) is 5.20. The van der Waals surface area contributed by atoms with E-state index in [1.807, 2.05) is 11.8 Å². The van der Waals surface area contributed by atoms with Gasteiger partial charge in [0.05, 0.1) is 17.6 Å². The molecule has 1 aromatic rings. The van der Waals surface area contributed by atoms with Gasteiger partial charge in [0.1, 0.15) is 12.4 Å². The highest BCUT2D eigenvalue weighted by Crippen LogP contribution is 2.42. The van der Waals surface area contributed by atoms with E-state index in [1.165, 1.54) is 36.3 Å². The van der Waals surface area contributed by atoms with Gasteiger partial charge < -0.3 is 10.4 Å². The number of nitrogens with one attached hydrogen (secondary N) is 1. The zero-order chi connectivity index (χ0) is 14.6. The molecule has 0 spiro atoms. The molecule has 0 saturated heterocycles. The topological polar surface area (TPSA) is 93.2 Å². The molecule has 7 nitrogen and oxygen atoms in total. The molecule has 1 fully saturated rings. The maximum Gasteiger partial charge on any atom is 0.306 e. The monoisotopic (exact) mass is 300 g/mol. The smallest absolute Gasteiger partial charge is 0.306 e. The molecule has 1 atom stereocenters. The van der Waals surface area contributed by atoms with E-state index in [0.29, 0.717) is 11.3 Å². The lowest BCUT2D eigenvalue weighted by Crippen LogP contribution is -2.45. The Morgan fingerprint density at radius 1 is 1.70 bits per heavy atom. The molecule has 112 valence electrons. The van der Waals surface area contributed by atoms with Crippen molar-refractivity contribution >= 4 is 17.4 Å². The van der Waals surface area contributed by atoms with Gasteiger partial charge in [-0.05, 0) is 19.1 Å². The van der Waals surface area contributed by atoms with E-state index in [4.69, 9.17) is 0 Å². The van der Waals surface area contributed by atoms with Crippen LogP contribution in [-0.2, 0) is 6.54 Å². The first-order valence-corrected chi connectivity index (χ1v) is 7.88. The van der Waals surface area contributed by atoms with E-state index in [0.717, 1.165) is 6.54 Å². The van der Waals surface area contributed by atoms with Crippen molar-refractivity contribution in [3.8, 4) is 0 Å². The Kier molecular flexibility index (Phi) is 5.00. The number of aromatic nitrogens is 2. The van der Waals surface area contributed by atoms with Crippen LogP contribution in [0.3, 0.4) is 0 Å². The molecule has 1 aromatic heterocycles. The maximum atomic E-state index is 10.5. The number of nitrogens with zero attached hydrogens (tertiary/aromatic N) is 3. The summed E-state index contributed by atoms with van der Waals surface area (Å²) in [6.45, 7) is 1.62. The van der Waals surface area contributed by atoms with Crippen molar-refractivity contribution in [1.82, 2.24) is 15.1 Å². The van der Waals surface area contributed by atoms with Crippen molar-refractivity contribution in [2.45, 2.75) is 36.7 Å². The van der Waals surface area contributed by atoms with Crippen molar-refractivity contribution < 1.29 is 10.0 Å². The zero-order valence-corrected chi connectivity index (χ0v) is 12.3. The average molecular weight is 300 g/mol. The number of rotatable bonds is 8. The van der Waals surface area contributed by atoms with Crippen LogP contribution in [0.25, 0.3) is 0 Å². The highest BCUT2D eigenvalue weighted by Gasteiger charge is 2.35. The van der Waals surface area contributed by atoms with E-state index < -0.39 is 11.0 Å². The van der Waals surface area contributed by atoms with Crippen LogP contribution in [0, 0.1) is 10.1 Å². The third-order valence-electron chi connectivity index (χ3n) is 3.75.